The van der Waals surface area contributed by atoms with Crippen molar-refractivity contribution in [3.05, 3.63) is 18.0 Å². The standard InChI is InChI=1S/C9H16N4/c10-9-1-3-13(4-2-9)7-8-5-11-12-6-8/h5-6,9H,1-4,7,10H2,(H,11,12). The number of likely N-dealkylation sites (tertiary alicyclic amines) is 1. The van der Waals surface area contributed by atoms with Crippen molar-refractivity contribution in [2.24, 2.45) is 5.73 Å². The van der Waals surface area contributed by atoms with Gasteiger partial charge in [0.1, 0.15) is 0 Å². The van der Waals surface area contributed by atoms with Gasteiger partial charge in [-0.3, -0.25) is 10.00 Å². The van der Waals surface area contributed by atoms with Crippen LogP contribution in [0.3, 0.4) is 0 Å². The monoisotopic (exact) mass is 180 g/mol. The number of aromatic amines is 1. The van der Waals surface area contributed by atoms with Crippen LogP contribution in [0, 0.1) is 0 Å². The van der Waals surface area contributed by atoms with Gasteiger partial charge in [0, 0.05) is 24.3 Å². The van der Waals surface area contributed by atoms with Crippen molar-refractivity contribution < 1.29 is 0 Å². The van der Waals surface area contributed by atoms with Gasteiger partial charge in [-0.15, -0.1) is 0 Å². The van der Waals surface area contributed by atoms with E-state index in [0.29, 0.717) is 6.04 Å². The second kappa shape index (κ2) is 3.89. The maximum Gasteiger partial charge on any atom is 0.0532 e. The van der Waals surface area contributed by atoms with E-state index in [2.05, 4.69) is 15.1 Å². The number of piperidine rings is 1. The third-order valence-electron chi connectivity index (χ3n) is 2.59. The van der Waals surface area contributed by atoms with E-state index in [1.807, 2.05) is 12.4 Å². The van der Waals surface area contributed by atoms with Gasteiger partial charge in [-0.2, -0.15) is 5.10 Å². The summed E-state index contributed by atoms with van der Waals surface area (Å²) in [5, 5.41) is 6.75. The van der Waals surface area contributed by atoms with Crippen LogP contribution in [-0.4, -0.2) is 34.2 Å². The summed E-state index contributed by atoms with van der Waals surface area (Å²) in [6.45, 7) is 3.24. The van der Waals surface area contributed by atoms with Gasteiger partial charge in [0.25, 0.3) is 0 Å². The highest BCUT2D eigenvalue weighted by atomic mass is 15.1. The molecular weight excluding hydrogens is 164 g/mol. The first-order valence-electron chi connectivity index (χ1n) is 4.80. The molecule has 1 fully saturated rings. The lowest BCUT2D eigenvalue weighted by Crippen LogP contribution is -2.39. The Kier molecular flexibility index (Phi) is 2.61. The van der Waals surface area contributed by atoms with E-state index in [4.69, 9.17) is 5.73 Å². The third kappa shape index (κ3) is 2.29. The second-order valence-corrected chi connectivity index (χ2v) is 3.72. The fraction of sp³-hybridized carbons (Fsp3) is 0.667. The topological polar surface area (TPSA) is 57.9 Å². The van der Waals surface area contributed by atoms with Crippen molar-refractivity contribution in [1.82, 2.24) is 15.1 Å². The quantitative estimate of drug-likeness (QED) is 0.689. The Morgan fingerprint density at radius 2 is 2.31 bits per heavy atom. The highest BCUT2D eigenvalue weighted by Crippen LogP contribution is 2.11. The third-order valence-corrected chi connectivity index (χ3v) is 2.59. The van der Waals surface area contributed by atoms with E-state index in [-0.39, 0.29) is 0 Å². The molecule has 0 saturated carbocycles. The maximum absolute atomic E-state index is 5.83. The molecule has 4 heteroatoms. The van der Waals surface area contributed by atoms with Crippen LogP contribution in [0.2, 0.25) is 0 Å². The lowest BCUT2D eigenvalue weighted by molar-refractivity contribution is 0.205. The van der Waals surface area contributed by atoms with Gasteiger partial charge in [0.2, 0.25) is 0 Å². The molecule has 1 aromatic rings. The zero-order valence-electron chi connectivity index (χ0n) is 7.74. The first kappa shape index (κ1) is 8.72. The Bertz CT molecular complexity index is 236. The zero-order valence-corrected chi connectivity index (χ0v) is 7.74. The van der Waals surface area contributed by atoms with Crippen LogP contribution >= 0.6 is 0 Å². The Labute approximate surface area is 78.1 Å². The highest BCUT2D eigenvalue weighted by molar-refractivity contribution is 5.02. The van der Waals surface area contributed by atoms with E-state index in [1.165, 1.54) is 5.56 Å². The van der Waals surface area contributed by atoms with Crippen molar-refractivity contribution in [1.29, 1.82) is 0 Å². The maximum atomic E-state index is 5.83. The molecule has 3 N–H and O–H groups in total. The number of hydrogen-bond acceptors (Lipinski definition) is 3. The summed E-state index contributed by atoms with van der Waals surface area (Å²) in [6, 6.07) is 0.417. The van der Waals surface area contributed by atoms with Gasteiger partial charge < -0.3 is 5.73 Å². The first-order valence-corrected chi connectivity index (χ1v) is 4.80. The summed E-state index contributed by atoms with van der Waals surface area (Å²) < 4.78 is 0. The molecule has 4 nitrogen and oxygen atoms in total. The van der Waals surface area contributed by atoms with E-state index < -0.39 is 0 Å². The zero-order chi connectivity index (χ0) is 9.10. The lowest BCUT2D eigenvalue weighted by atomic mass is 10.1. The molecule has 0 spiro atoms. The Morgan fingerprint density at radius 3 is 2.92 bits per heavy atom. The van der Waals surface area contributed by atoms with E-state index in [9.17, 15) is 0 Å². The number of nitrogens with two attached hydrogens (primary N) is 1. The molecule has 1 aliphatic heterocycles. The molecule has 2 heterocycles. The normalized spacial score (nSPS) is 20.7. The van der Waals surface area contributed by atoms with Crippen molar-refractivity contribution in [3.8, 4) is 0 Å². The van der Waals surface area contributed by atoms with Crippen LogP contribution in [0.1, 0.15) is 18.4 Å². The summed E-state index contributed by atoms with van der Waals surface area (Å²) in [6.07, 6.45) is 6.08. The van der Waals surface area contributed by atoms with Crippen LogP contribution in [0.15, 0.2) is 12.4 Å². The van der Waals surface area contributed by atoms with Crippen molar-refractivity contribution in [3.63, 3.8) is 0 Å². The molecule has 0 bridgehead atoms. The Hall–Kier alpha value is -0.870. The number of H-pyrrole nitrogens is 1. The molecule has 1 aliphatic rings. The summed E-state index contributed by atoms with van der Waals surface area (Å²) in [7, 11) is 0. The molecule has 1 aromatic heterocycles. The highest BCUT2D eigenvalue weighted by Gasteiger charge is 2.15. The number of aromatic nitrogens is 2. The van der Waals surface area contributed by atoms with Crippen molar-refractivity contribution in [2.45, 2.75) is 25.4 Å². The minimum atomic E-state index is 0.417. The Morgan fingerprint density at radius 1 is 1.54 bits per heavy atom. The molecule has 0 aromatic carbocycles. The molecule has 0 atom stereocenters. The number of hydrogen-bond donors (Lipinski definition) is 2. The van der Waals surface area contributed by atoms with Crippen LogP contribution in [0.25, 0.3) is 0 Å². The van der Waals surface area contributed by atoms with Gasteiger partial charge >= 0.3 is 0 Å². The summed E-state index contributed by atoms with van der Waals surface area (Å²) in [5.41, 5.74) is 7.08. The van der Waals surface area contributed by atoms with Gasteiger partial charge in [-0.25, -0.2) is 0 Å². The molecule has 1 saturated heterocycles. The van der Waals surface area contributed by atoms with Gasteiger partial charge in [0.15, 0.2) is 0 Å². The summed E-state index contributed by atoms with van der Waals surface area (Å²) >= 11 is 0. The fourth-order valence-corrected chi connectivity index (χ4v) is 1.73. The molecule has 0 amide bonds. The second-order valence-electron chi connectivity index (χ2n) is 3.72. The van der Waals surface area contributed by atoms with Gasteiger partial charge in [-0.1, -0.05) is 0 Å². The van der Waals surface area contributed by atoms with E-state index in [0.717, 1.165) is 32.5 Å². The smallest absolute Gasteiger partial charge is 0.0532 e. The van der Waals surface area contributed by atoms with Crippen LogP contribution < -0.4 is 5.73 Å². The van der Waals surface area contributed by atoms with Gasteiger partial charge in [-0.05, 0) is 25.9 Å². The molecular formula is C9H16N4. The minimum absolute atomic E-state index is 0.417. The van der Waals surface area contributed by atoms with Crippen LogP contribution in [0.4, 0.5) is 0 Å². The van der Waals surface area contributed by atoms with E-state index >= 15 is 0 Å². The average Bonchev–Trinajstić information content (AvgIpc) is 2.62. The van der Waals surface area contributed by atoms with Gasteiger partial charge in [0.05, 0.1) is 6.20 Å². The summed E-state index contributed by atoms with van der Waals surface area (Å²) in [4.78, 5) is 2.42. The minimum Gasteiger partial charge on any atom is -0.328 e. The first-order chi connectivity index (χ1) is 6.34. The molecule has 2 rings (SSSR count). The Balaban J connectivity index is 1.83. The number of rotatable bonds is 2. The molecule has 72 valence electrons. The SMILES string of the molecule is NC1CCN(Cc2cn[nH]c2)CC1. The predicted octanol–water partition coefficient (Wildman–Crippen LogP) is 0.333. The summed E-state index contributed by atoms with van der Waals surface area (Å²) in [5.74, 6) is 0. The molecule has 0 aliphatic carbocycles. The van der Waals surface area contributed by atoms with Crippen molar-refractivity contribution in [2.75, 3.05) is 13.1 Å². The van der Waals surface area contributed by atoms with Crippen molar-refractivity contribution >= 4 is 0 Å². The lowest BCUT2D eigenvalue weighted by Gasteiger charge is -2.29. The largest absolute Gasteiger partial charge is 0.328 e. The fourth-order valence-electron chi connectivity index (χ4n) is 1.73. The molecule has 0 radical (unpaired) electrons. The van der Waals surface area contributed by atoms with Crippen LogP contribution in [-0.2, 0) is 6.54 Å². The predicted molar refractivity (Wildman–Crippen MR) is 51.1 cm³/mol. The van der Waals surface area contributed by atoms with Crippen LogP contribution in [0.5, 0.6) is 0 Å². The van der Waals surface area contributed by atoms with E-state index in [1.54, 1.807) is 0 Å². The number of nitrogens with zero attached hydrogens (tertiary/aromatic N) is 2. The molecule has 0 unspecified atom stereocenters. The molecule has 13 heavy (non-hydrogen) atoms. The number of nitrogens with one attached hydrogen (secondary N) is 1. The average molecular weight is 180 g/mol.